The average Bonchev–Trinajstić information content (AvgIpc) is 3.18. The van der Waals surface area contributed by atoms with Gasteiger partial charge in [-0.1, -0.05) is 6.07 Å². The molecule has 2 heterocycles. The van der Waals surface area contributed by atoms with Gasteiger partial charge in [-0.2, -0.15) is 0 Å². The fourth-order valence-corrected chi connectivity index (χ4v) is 2.54. The summed E-state index contributed by atoms with van der Waals surface area (Å²) in [4.78, 5) is 24.2. The third kappa shape index (κ3) is 3.28. The summed E-state index contributed by atoms with van der Waals surface area (Å²) < 4.78 is 0. The topological polar surface area (TPSA) is 94.2 Å². The van der Waals surface area contributed by atoms with Crippen LogP contribution in [0.5, 0.6) is 0 Å². The van der Waals surface area contributed by atoms with Crippen LogP contribution in [0.4, 0.5) is 0 Å². The summed E-state index contributed by atoms with van der Waals surface area (Å²) in [5.74, 6) is 1.35. The van der Waals surface area contributed by atoms with Crippen LogP contribution in [0.3, 0.4) is 0 Å². The number of aromatic amines is 1. The lowest BCUT2D eigenvalue weighted by Crippen LogP contribution is -2.47. The van der Waals surface area contributed by atoms with E-state index < -0.39 is 0 Å². The maximum atomic E-state index is 12.1. The average molecular weight is 314 g/mol. The molecule has 122 valence electrons. The van der Waals surface area contributed by atoms with Crippen molar-refractivity contribution in [3.8, 4) is 0 Å². The number of carbonyl (C=O) groups is 1. The lowest BCUT2D eigenvalue weighted by Gasteiger charge is -2.14. The number of aliphatic imine (C=N–C) groups is 1. The molecule has 23 heavy (non-hydrogen) atoms. The van der Waals surface area contributed by atoms with Crippen molar-refractivity contribution in [1.29, 1.82) is 0 Å². The van der Waals surface area contributed by atoms with E-state index in [0.29, 0.717) is 12.5 Å². The standard InChI is InChI=1S/C16H22N6O/c1-9-4-5-12-14(10(9)2)22-13(21-12)8-19-15(23)11(3)20-16-17-6-7-18-16/h4-5,11H,6-8H2,1-3H3,(H,19,23)(H,21,22)(H2,17,18,20)/t11-/m1/s1. The summed E-state index contributed by atoms with van der Waals surface area (Å²) in [6.45, 7) is 7.87. The number of hydrogen-bond acceptors (Lipinski definition) is 5. The lowest BCUT2D eigenvalue weighted by molar-refractivity contribution is -0.122. The van der Waals surface area contributed by atoms with Crippen molar-refractivity contribution in [2.45, 2.75) is 33.4 Å². The minimum atomic E-state index is -0.354. The van der Waals surface area contributed by atoms with E-state index in [-0.39, 0.29) is 11.9 Å². The van der Waals surface area contributed by atoms with Crippen LogP contribution in [0.15, 0.2) is 17.1 Å². The number of fused-ring (bicyclic) bond motifs is 1. The van der Waals surface area contributed by atoms with Gasteiger partial charge in [-0.05, 0) is 38.0 Å². The predicted octanol–water partition coefficient (Wildman–Crippen LogP) is 0.733. The summed E-state index contributed by atoms with van der Waals surface area (Å²) >= 11 is 0. The first kappa shape index (κ1) is 15.3. The fraction of sp³-hybridized carbons (Fsp3) is 0.438. The molecule has 1 aromatic carbocycles. The van der Waals surface area contributed by atoms with Crippen LogP contribution >= 0.6 is 0 Å². The minimum Gasteiger partial charge on any atom is -0.355 e. The molecule has 0 bridgehead atoms. The first-order chi connectivity index (χ1) is 11.0. The highest BCUT2D eigenvalue weighted by Crippen LogP contribution is 2.19. The second-order valence-electron chi connectivity index (χ2n) is 5.83. The van der Waals surface area contributed by atoms with Crippen molar-refractivity contribution >= 4 is 22.9 Å². The van der Waals surface area contributed by atoms with Crippen LogP contribution in [0.2, 0.25) is 0 Å². The molecule has 1 amide bonds. The van der Waals surface area contributed by atoms with Crippen molar-refractivity contribution in [3.63, 3.8) is 0 Å². The van der Waals surface area contributed by atoms with Gasteiger partial charge in [0.25, 0.3) is 0 Å². The molecule has 1 aliphatic heterocycles. The Balaban J connectivity index is 1.61. The number of rotatable bonds is 4. The number of hydrogen-bond donors (Lipinski definition) is 4. The third-order valence-electron chi connectivity index (χ3n) is 4.08. The van der Waals surface area contributed by atoms with Crippen molar-refractivity contribution < 1.29 is 4.79 Å². The number of carbonyl (C=O) groups excluding carboxylic acids is 1. The summed E-state index contributed by atoms with van der Waals surface area (Å²) in [6.07, 6.45) is 0. The van der Waals surface area contributed by atoms with E-state index in [9.17, 15) is 4.79 Å². The van der Waals surface area contributed by atoms with E-state index in [1.807, 2.05) is 13.0 Å². The van der Waals surface area contributed by atoms with Crippen molar-refractivity contribution in [2.75, 3.05) is 13.1 Å². The molecular weight excluding hydrogens is 292 g/mol. The number of guanidine groups is 1. The number of nitrogens with one attached hydrogen (secondary N) is 4. The smallest absolute Gasteiger partial charge is 0.242 e. The van der Waals surface area contributed by atoms with E-state index >= 15 is 0 Å². The highest BCUT2D eigenvalue weighted by atomic mass is 16.2. The highest BCUT2D eigenvalue weighted by molar-refractivity contribution is 5.89. The van der Waals surface area contributed by atoms with Gasteiger partial charge in [0.05, 0.1) is 24.1 Å². The molecule has 0 aliphatic carbocycles. The summed E-state index contributed by atoms with van der Waals surface area (Å²) in [6, 6.07) is 3.73. The second-order valence-corrected chi connectivity index (χ2v) is 5.83. The Morgan fingerprint density at radius 1 is 1.39 bits per heavy atom. The van der Waals surface area contributed by atoms with E-state index in [2.05, 4.69) is 50.8 Å². The largest absolute Gasteiger partial charge is 0.355 e. The van der Waals surface area contributed by atoms with Gasteiger partial charge in [-0.25, -0.2) is 4.98 Å². The molecule has 1 aromatic heterocycles. The van der Waals surface area contributed by atoms with Crippen molar-refractivity contribution in [2.24, 2.45) is 4.99 Å². The van der Waals surface area contributed by atoms with Gasteiger partial charge in [-0.15, -0.1) is 0 Å². The van der Waals surface area contributed by atoms with Crippen molar-refractivity contribution in [1.82, 2.24) is 25.9 Å². The molecule has 0 saturated heterocycles. The van der Waals surface area contributed by atoms with Gasteiger partial charge >= 0.3 is 0 Å². The van der Waals surface area contributed by atoms with E-state index in [1.165, 1.54) is 5.56 Å². The lowest BCUT2D eigenvalue weighted by atomic mass is 10.1. The fourth-order valence-electron chi connectivity index (χ4n) is 2.54. The minimum absolute atomic E-state index is 0.0882. The number of nitrogens with zero attached hydrogens (tertiary/aromatic N) is 2. The van der Waals surface area contributed by atoms with E-state index in [1.54, 1.807) is 0 Å². The molecule has 0 fully saturated rings. The molecule has 4 N–H and O–H groups in total. The van der Waals surface area contributed by atoms with Gasteiger partial charge < -0.3 is 20.9 Å². The highest BCUT2D eigenvalue weighted by Gasteiger charge is 2.16. The Labute approximate surface area is 135 Å². The number of imidazole rings is 1. The predicted molar refractivity (Wildman–Crippen MR) is 90.3 cm³/mol. The molecule has 7 heteroatoms. The van der Waals surface area contributed by atoms with Gasteiger partial charge in [-0.3, -0.25) is 9.79 Å². The zero-order valence-electron chi connectivity index (χ0n) is 13.7. The number of benzene rings is 1. The maximum absolute atomic E-state index is 12.1. The van der Waals surface area contributed by atoms with Crippen LogP contribution < -0.4 is 16.0 Å². The molecule has 1 atom stereocenters. The quantitative estimate of drug-likeness (QED) is 0.669. The van der Waals surface area contributed by atoms with Gasteiger partial charge in [0.1, 0.15) is 11.9 Å². The summed E-state index contributed by atoms with van der Waals surface area (Å²) in [5.41, 5.74) is 4.33. The molecule has 1 aliphatic rings. The first-order valence-electron chi connectivity index (χ1n) is 7.82. The van der Waals surface area contributed by atoms with Crippen LogP contribution in [0, 0.1) is 13.8 Å². The van der Waals surface area contributed by atoms with E-state index in [4.69, 9.17) is 0 Å². The molecule has 7 nitrogen and oxygen atoms in total. The number of amides is 1. The molecule has 0 radical (unpaired) electrons. The Kier molecular flexibility index (Phi) is 4.18. The van der Waals surface area contributed by atoms with Crippen LogP contribution in [-0.2, 0) is 11.3 Å². The molecular formula is C16H22N6O. The molecule has 0 spiro atoms. The van der Waals surface area contributed by atoms with Gasteiger partial charge in [0, 0.05) is 6.54 Å². The Bertz CT molecular complexity index is 763. The zero-order chi connectivity index (χ0) is 16.4. The summed E-state index contributed by atoms with van der Waals surface area (Å²) in [7, 11) is 0. The molecule has 2 aromatic rings. The van der Waals surface area contributed by atoms with Gasteiger partial charge in [0.15, 0.2) is 5.96 Å². The van der Waals surface area contributed by atoms with Crippen LogP contribution in [-0.4, -0.2) is 41.0 Å². The molecule has 3 rings (SSSR count). The third-order valence-corrected chi connectivity index (χ3v) is 4.08. The molecule has 0 unspecified atom stereocenters. The second kappa shape index (κ2) is 6.28. The Morgan fingerprint density at radius 2 is 2.22 bits per heavy atom. The maximum Gasteiger partial charge on any atom is 0.242 e. The summed E-state index contributed by atoms with van der Waals surface area (Å²) in [5, 5.41) is 9.03. The first-order valence-corrected chi connectivity index (χ1v) is 7.82. The monoisotopic (exact) mass is 314 g/mol. The number of aromatic nitrogens is 2. The SMILES string of the molecule is Cc1ccc2[nH]c(CNC(=O)[C@@H](C)NC3=NCCN3)nc2c1C. The Morgan fingerprint density at radius 3 is 2.96 bits per heavy atom. The Hall–Kier alpha value is -2.57. The van der Waals surface area contributed by atoms with E-state index in [0.717, 1.165) is 35.5 Å². The number of aryl methyl sites for hydroxylation is 2. The number of H-pyrrole nitrogens is 1. The molecule has 0 saturated carbocycles. The van der Waals surface area contributed by atoms with Crippen molar-refractivity contribution in [3.05, 3.63) is 29.1 Å². The van der Waals surface area contributed by atoms with Gasteiger partial charge in [0.2, 0.25) is 5.91 Å². The normalized spacial score (nSPS) is 15.2. The van der Waals surface area contributed by atoms with Crippen LogP contribution in [0.1, 0.15) is 23.9 Å². The zero-order valence-corrected chi connectivity index (χ0v) is 13.7. The van der Waals surface area contributed by atoms with Crippen LogP contribution in [0.25, 0.3) is 11.0 Å².